The van der Waals surface area contributed by atoms with Crippen LogP contribution in [0.25, 0.3) is 6.08 Å². The molecule has 0 aliphatic carbocycles. The van der Waals surface area contributed by atoms with E-state index in [1.807, 2.05) is 0 Å². The normalized spacial score (nSPS) is 11.1. The molecular weight excluding hydrogens is 364 g/mol. The standard InChI is InChI=1S/C16H15BrN2O4/c17-12-4-1-3-11(9-12)15(21)19-14(16(22)18-6-7-20)10-13-5-2-8-23-13/h1-5,8-10,20H,6-7H2,(H,18,22)(H,19,21)/b14-10+. The van der Waals surface area contributed by atoms with Crippen molar-refractivity contribution >= 4 is 33.8 Å². The van der Waals surface area contributed by atoms with Gasteiger partial charge in [0.1, 0.15) is 11.5 Å². The van der Waals surface area contributed by atoms with Gasteiger partial charge < -0.3 is 20.2 Å². The lowest BCUT2D eigenvalue weighted by Gasteiger charge is -2.10. The Morgan fingerprint density at radius 2 is 2.09 bits per heavy atom. The molecule has 7 heteroatoms. The number of carbonyl (C=O) groups is 2. The minimum absolute atomic E-state index is 0.0263. The summed E-state index contributed by atoms with van der Waals surface area (Å²) in [5.74, 6) is -0.518. The minimum Gasteiger partial charge on any atom is -0.465 e. The van der Waals surface area contributed by atoms with E-state index in [2.05, 4.69) is 26.6 Å². The zero-order valence-electron chi connectivity index (χ0n) is 12.1. The van der Waals surface area contributed by atoms with Gasteiger partial charge in [-0.05, 0) is 30.3 Å². The summed E-state index contributed by atoms with van der Waals surface area (Å²) in [4.78, 5) is 24.4. The molecule has 1 aromatic heterocycles. The number of hydrogen-bond acceptors (Lipinski definition) is 4. The Hall–Kier alpha value is -2.38. The van der Waals surface area contributed by atoms with Gasteiger partial charge in [0.15, 0.2) is 0 Å². The lowest BCUT2D eigenvalue weighted by atomic mass is 10.2. The summed E-state index contributed by atoms with van der Waals surface area (Å²) in [6.45, 7) is -0.111. The van der Waals surface area contributed by atoms with Crippen LogP contribution in [0.1, 0.15) is 16.1 Å². The van der Waals surface area contributed by atoms with Crippen molar-refractivity contribution < 1.29 is 19.1 Å². The molecule has 0 fully saturated rings. The average Bonchev–Trinajstić information content (AvgIpc) is 3.05. The molecule has 23 heavy (non-hydrogen) atoms. The third-order valence-corrected chi connectivity index (χ3v) is 3.30. The number of aliphatic hydroxyl groups is 1. The van der Waals surface area contributed by atoms with Crippen LogP contribution in [-0.4, -0.2) is 30.1 Å². The topological polar surface area (TPSA) is 91.6 Å². The molecule has 3 N–H and O–H groups in total. The van der Waals surface area contributed by atoms with Crippen LogP contribution in [0.15, 0.2) is 57.2 Å². The molecule has 0 radical (unpaired) electrons. The van der Waals surface area contributed by atoms with E-state index in [0.717, 1.165) is 4.47 Å². The molecule has 0 bridgehead atoms. The number of halogens is 1. The second kappa shape index (κ2) is 8.30. The maximum Gasteiger partial charge on any atom is 0.268 e. The Bertz CT molecular complexity index is 711. The van der Waals surface area contributed by atoms with Crippen LogP contribution >= 0.6 is 15.9 Å². The molecule has 2 amide bonds. The van der Waals surface area contributed by atoms with Crippen molar-refractivity contribution in [2.24, 2.45) is 0 Å². The Balaban J connectivity index is 2.20. The van der Waals surface area contributed by atoms with Crippen LogP contribution in [0.4, 0.5) is 0 Å². The van der Waals surface area contributed by atoms with Gasteiger partial charge in [0.2, 0.25) is 0 Å². The predicted octanol–water partition coefficient (Wildman–Crippen LogP) is 1.92. The van der Waals surface area contributed by atoms with Gasteiger partial charge in [0.25, 0.3) is 11.8 Å². The summed E-state index contributed by atoms with van der Waals surface area (Å²) >= 11 is 3.29. The molecule has 0 saturated heterocycles. The summed E-state index contributed by atoms with van der Waals surface area (Å²) in [6.07, 6.45) is 2.88. The molecule has 2 rings (SSSR count). The first-order chi connectivity index (χ1) is 11.1. The summed E-state index contributed by atoms with van der Waals surface area (Å²) in [5.41, 5.74) is 0.429. The van der Waals surface area contributed by atoms with Crippen molar-refractivity contribution in [2.75, 3.05) is 13.2 Å². The molecule has 2 aromatic rings. The van der Waals surface area contributed by atoms with Crippen molar-refractivity contribution in [3.63, 3.8) is 0 Å². The van der Waals surface area contributed by atoms with Gasteiger partial charge >= 0.3 is 0 Å². The summed E-state index contributed by atoms with van der Waals surface area (Å²) < 4.78 is 5.92. The van der Waals surface area contributed by atoms with E-state index in [4.69, 9.17) is 9.52 Å². The summed E-state index contributed by atoms with van der Waals surface area (Å²) in [5, 5.41) is 13.8. The van der Waals surface area contributed by atoms with Crippen molar-refractivity contribution in [1.29, 1.82) is 0 Å². The minimum atomic E-state index is -0.515. The lowest BCUT2D eigenvalue weighted by Crippen LogP contribution is -2.36. The smallest absolute Gasteiger partial charge is 0.268 e. The lowest BCUT2D eigenvalue weighted by molar-refractivity contribution is -0.117. The zero-order valence-corrected chi connectivity index (χ0v) is 13.7. The van der Waals surface area contributed by atoms with E-state index < -0.39 is 11.8 Å². The van der Waals surface area contributed by atoms with E-state index in [9.17, 15) is 9.59 Å². The second-order valence-corrected chi connectivity index (χ2v) is 5.43. The first-order valence-corrected chi connectivity index (χ1v) is 7.60. The number of nitrogens with one attached hydrogen (secondary N) is 2. The number of amides is 2. The molecule has 0 unspecified atom stereocenters. The Kier molecular flexibility index (Phi) is 6.13. The third kappa shape index (κ3) is 5.08. The van der Waals surface area contributed by atoms with Gasteiger partial charge in [-0.1, -0.05) is 22.0 Å². The molecule has 120 valence electrons. The van der Waals surface area contributed by atoms with Gasteiger partial charge in [-0.25, -0.2) is 0 Å². The fourth-order valence-corrected chi connectivity index (χ4v) is 2.16. The quantitative estimate of drug-likeness (QED) is 0.669. The van der Waals surface area contributed by atoms with Gasteiger partial charge in [-0.2, -0.15) is 0 Å². The van der Waals surface area contributed by atoms with Crippen LogP contribution in [0.5, 0.6) is 0 Å². The monoisotopic (exact) mass is 378 g/mol. The van der Waals surface area contributed by atoms with Gasteiger partial charge in [0, 0.05) is 22.7 Å². The number of benzene rings is 1. The highest BCUT2D eigenvalue weighted by molar-refractivity contribution is 9.10. The van der Waals surface area contributed by atoms with E-state index >= 15 is 0 Å². The Morgan fingerprint density at radius 3 is 2.74 bits per heavy atom. The van der Waals surface area contributed by atoms with E-state index in [-0.39, 0.29) is 18.8 Å². The zero-order chi connectivity index (χ0) is 16.7. The Labute approximate surface area is 141 Å². The fraction of sp³-hybridized carbons (Fsp3) is 0.125. The summed E-state index contributed by atoms with van der Waals surface area (Å²) in [6, 6.07) is 10.1. The van der Waals surface area contributed by atoms with Crippen molar-refractivity contribution in [3.05, 3.63) is 64.2 Å². The summed E-state index contributed by atoms with van der Waals surface area (Å²) in [7, 11) is 0. The fourth-order valence-electron chi connectivity index (χ4n) is 1.76. The van der Waals surface area contributed by atoms with Crippen molar-refractivity contribution in [3.8, 4) is 0 Å². The first kappa shape index (κ1) is 17.0. The van der Waals surface area contributed by atoms with Crippen molar-refractivity contribution in [1.82, 2.24) is 10.6 Å². The average molecular weight is 379 g/mol. The number of furan rings is 1. The van der Waals surface area contributed by atoms with E-state index in [1.165, 1.54) is 12.3 Å². The van der Waals surface area contributed by atoms with Gasteiger partial charge in [-0.15, -0.1) is 0 Å². The first-order valence-electron chi connectivity index (χ1n) is 6.81. The van der Waals surface area contributed by atoms with Crippen LogP contribution < -0.4 is 10.6 Å². The molecule has 0 aliphatic heterocycles. The number of rotatable bonds is 6. The molecule has 0 saturated carbocycles. The highest BCUT2D eigenvalue weighted by Crippen LogP contribution is 2.12. The molecule has 0 aliphatic rings. The largest absolute Gasteiger partial charge is 0.465 e. The predicted molar refractivity (Wildman–Crippen MR) is 88.4 cm³/mol. The van der Waals surface area contributed by atoms with Gasteiger partial charge in [0.05, 0.1) is 12.9 Å². The number of carbonyl (C=O) groups excluding carboxylic acids is 2. The molecular formula is C16H15BrN2O4. The highest BCUT2D eigenvalue weighted by atomic mass is 79.9. The van der Waals surface area contributed by atoms with Crippen LogP contribution in [0, 0.1) is 0 Å². The number of aliphatic hydroxyl groups excluding tert-OH is 1. The van der Waals surface area contributed by atoms with Gasteiger partial charge in [-0.3, -0.25) is 9.59 Å². The molecule has 1 heterocycles. The molecule has 6 nitrogen and oxygen atoms in total. The highest BCUT2D eigenvalue weighted by Gasteiger charge is 2.15. The van der Waals surface area contributed by atoms with Crippen LogP contribution in [-0.2, 0) is 4.79 Å². The second-order valence-electron chi connectivity index (χ2n) is 4.52. The van der Waals surface area contributed by atoms with Crippen LogP contribution in [0.2, 0.25) is 0 Å². The number of hydrogen-bond donors (Lipinski definition) is 3. The molecule has 0 atom stereocenters. The third-order valence-electron chi connectivity index (χ3n) is 2.81. The Morgan fingerprint density at radius 1 is 1.26 bits per heavy atom. The molecule has 0 spiro atoms. The van der Waals surface area contributed by atoms with E-state index in [0.29, 0.717) is 11.3 Å². The molecule has 1 aromatic carbocycles. The maximum absolute atomic E-state index is 12.3. The van der Waals surface area contributed by atoms with Crippen molar-refractivity contribution in [2.45, 2.75) is 0 Å². The maximum atomic E-state index is 12.3. The van der Waals surface area contributed by atoms with Crippen LogP contribution in [0.3, 0.4) is 0 Å². The SMILES string of the molecule is O=C(NCCO)/C(=C\c1ccco1)NC(=O)c1cccc(Br)c1. The van der Waals surface area contributed by atoms with E-state index in [1.54, 1.807) is 36.4 Å².